The molecule has 1 heterocycles. The number of hydrogen-bond acceptors (Lipinski definition) is 4. The lowest BCUT2D eigenvalue weighted by Crippen LogP contribution is -2.09. The zero-order valence-corrected chi connectivity index (χ0v) is 13.7. The third-order valence-electron chi connectivity index (χ3n) is 2.71. The third-order valence-corrected chi connectivity index (χ3v) is 4.12. The van der Waals surface area contributed by atoms with Crippen molar-refractivity contribution in [3.8, 4) is 17.0 Å². The Hall–Kier alpha value is -0.810. The molecule has 0 aliphatic rings. The van der Waals surface area contributed by atoms with Gasteiger partial charge in [0.25, 0.3) is 0 Å². The van der Waals surface area contributed by atoms with Gasteiger partial charge in [0.1, 0.15) is 5.75 Å². The van der Waals surface area contributed by atoms with E-state index in [1.807, 2.05) is 25.4 Å². The van der Waals surface area contributed by atoms with Crippen LogP contribution in [0.1, 0.15) is 11.9 Å². The summed E-state index contributed by atoms with van der Waals surface area (Å²) in [6.07, 6.45) is 0.902. The zero-order valence-electron chi connectivity index (χ0n) is 11.4. The maximum Gasteiger partial charge on any atom is 0.147 e. The van der Waals surface area contributed by atoms with Crippen molar-refractivity contribution in [2.45, 2.75) is 13.3 Å². The number of rotatable bonds is 6. The second kappa shape index (κ2) is 7.27. The molecule has 2 aromatic rings. The first-order chi connectivity index (χ1) is 9.65. The van der Waals surface area contributed by atoms with Crippen LogP contribution >= 0.6 is 34.5 Å². The number of halogens is 2. The molecular formula is C14H16Cl2N2OS. The van der Waals surface area contributed by atoms with Gasteiger partial charge >= 0.3 is 0 Å². The molecule has 20 heavy (non-hydrogen) atoms. The van der Waals surface area contributed by atoms with Gasteiger partial charge in [-0.3, -0.25) is 0 Å². The molecule has 2 rings (SSSR count). The first-order valence-electron chi connectivity index (χ1n) is 6.37. The minimum atomic E-state index is 0.513. The molecule has 0 spiro atoms. The molecule has 0 saturated carbocycles. The van der Waals surface area contributed by atoms with E-state index in [4.69, 9.17) is 27.9 Å². The van der Waals surface area contributed by atoms with Crippen molar-refractivity contribution < 1.29 is 4.74 Å². The van der Waals surface area contributed by atoms with Crippen LogP contribution in [-0.2, 0) is 6.42 Å². The van der Waals surface area contributed by atoms with Crippen LogP contribution in [-0.4, -0.2) is 25.2 Å². The van der Waals surface area contributed by atoms with E-state index in [9.17, 15) is 0 Å². The molecule has 0 amide bonds. The number of ether oxygens (including phenoxy) is 1. The number of hydrogen-bond donors (Lipinski definition) is 1. The standard InChI is InChI=1S/C14H16Cl2N2OS/c1-3-19-14-10(6-9(15)7-11(14)16)12-8-20-13(18-12)4-5-17-2/h6-8,17H,3-5H2,1-2H3. The lowest BCUT2D eigenvalue weighted by molar-refractivity contribution is 0.342. The number of nitrogens with one attached hydrogen (secondary N) is 1. The summed E-state index contributed by atoms with van der Waals surface area (Å²) in [6.45, 7) is 3.38. The summed E-state index contributed by atoms with van der Waals surface area (Å²) in [5, 5.41) is 7.30. The molecule has 108 valence electrons. The average molecular weight is 331 g/mol. The zero-order chi connectivity index (χ0) is 14.5. The lowest BCUT2D eigenvalue weighted by atomic mass is 10.1. The largest absolute Gasteiger partial charge is 0.492 e. The Morgan fingerprint density at radius 3 is 2.85 bits per heavy atom. The van der Waals surface area contributed by atoms with Crippen molar-refractivity contribution >= 4 is 34.5 Å². The van der Waals surface area contributed by atoms with Gasteiger partial charge in [-0.25, -0.2) is 4.98 Å². The highest BCUT2D eigenvalue weighted by Crippen LogP contribution is 2.39. The fourth-order valence-corrected chi connectivity index (χ4v) is 3.17. The maximum absolute atomic E-state index is 6.21. The van der Waals surface area contributed by atoms with Gasteiger partial charge < -0.3 is 10.1 Å². The molecule has 0 fully saturated rings. The normalized spacial score (nSPS) is 10.8. The molecule has 0 radical (unpaired) electrons. The summed E-state index contributed by atoms with van der Waals surface area (Å²) in [7, 11) is 1.93. The van der Waals surface area contributed by atoms with Gasteiger partial charge in [-0.05, 0) is 26.1 Å². The molecule has 1 aromatic carbocycles. The van der Waals surface area contributed by atoms with Crippen LogP contribution in [0.25, 0.3) is 11.3 Å². The van der Waals surface area contributed by atoms with Gasteiger partial charge in [-0.2, -0.15) is 0 Å². The van der Waals surface area contributed by atoms with E-state index < -0.39 is 0 Å². The number of nitrogens with zero attached hydrogens (tertiary/aromatic N) is 1. The van der Waals surface area contributed by atoms with Gasteiger partial charge in [0, 0.05) is 28.9 Å². The minimum absolute atomic E-state index is 0.513. The molecular weight excluding hydrogens is 315 g/mol. The van der Waals surface area contributed by atoms with Crippen LogP contribution < -0.4 is 10.1 Å². The quantitative estimate of drug-likeness (QED) is 0.858. The maximum atomic E-state index is 6.21. The molecule has 0 bridgehead atoms. The van der Waals surface area contributed by atoms with Gasteiger partial charge in [-0.15, -0.1) is 11.3 Å². The average Bonchev–Trinajstić information content (AvgIpc) is 2.88. The van der Waals surface area contributed by atoms with Crippen molar-refractivity contribution in [2.24, 2.45) is 0 Å². The number of aromatic nitrogens is 1. The summed E-state index contributed by atoms with van der Waals surface area (Å²) in [6, 6.07) is 3.53. The van der Waals surface area contributed by atoms with Crippen LogP contribution in [0.2, 0.25) is 10.0 Å². The van der Waals surface area contributed by atoms with E-state index in [1.165, 1.54) is 0 Å². The van der Waals surface area contributed by atoms with Crippen LogP contribution in [0, 0.1) is 0 Å². The monoisotopic (exact) mass is 330 g/mol. The van der Waals surface area contributed by atoms with Crippen LogP contribution in [0.4, 0.5) is 0 Å². The molecule has 0 unspecified atom stereocenters. The Morgan fingerprint density at radius 1 is 1.35 bits per heavy atom. The highest BCUT2D eigenvalue weighted by Gasteiger charge is 2.15. The van der Waals surface area contributed by atoms with Crippen LogP contribution in [0.15, 0.2) is 17.5 Å². The number of thiazole rings is 1. The van der Waals surface area contributed by atoms with Crippen molar-refractivity contribution in [1.82, 2.24) is 10.3 Å². The van der Waals surface area contributed by atoms with Crippen molar-refractivity contribution in [3.05, 3.63) is 32.6 Å². The van der Waals surface area contributed by atoms with E-state index in [1.54, 1.807) is 17.4 Å². The Labute approximate surface area is 132 Å². The molecule has 3 nitrogen and oxygen atoms in total. The SMILES string of the molecule is CCOc1c(Cl)cc(Cl)cc1-c1csc(CCNC)n1. The summed E-state index contributed by atoms with van der Waals surface area (Å²) in [4.78, 5) is 4.62. The van der Waals surface area contributed by atoms with E-state index in [2.05, 4.69) is 10.3 Å². The summed E-state index contributed by atoms with van der Waals surface area (Å²) in [5.41, 5.74) is 1.70. The van der Waals surface area contributed by atoms with Crippen molar-refractivity contribution in [2.75, 3.05) is 20.2 Å². The van der Waals surface area contributed by atoms with Crippen molar-refractivity contribution in [3.63, 3.8) is 0 Å². The first kappa shape index (κ1) is 15.6. The summed E-state index contributed by atoms with van der Waals surface area (Å²) < 4.78 is 5.63. The fraction of sp³-hybridized carbons (Fsp3) is 0.357. The first-order valence-corrected chi connectivity index (χ1v) is 8.00. The topological polar surface area (TPSA) is 34.1 Å². The van der Waals surface area contributed by atoms with E-state index in [-0.39, 0.29) is 0 Å². The van der Waals surface area contributed by atoms with Gasteiger partial charge in [-0.1, -0.05) is 23.2 Å². The smallest absolute Gasteiger partial charge is 0.147 e. The Morgan fingerprint density at radius 2 is 2.15 bits per heavy atom. The Kier molecular flexibility index (Phi) is 5.66. The van der Waals surface area contributed by atoms with Gasteiger partial charge in [0.05, 0.1) is 22.3 Å². The molecule has 1 N–H and O–H groups in total. The van der Waals surface area contributed by atoms with E-state index in [0.29, 0.717) is 22.4 Å². The third kappa shape index (κ3) is 3.64. The van der Waals surface area contributed by atoms with Gasteiger partial charge in [0.2, 0.25) is 0 Å². The summed E-state index contributed by atoms with van der Waals surface area (Å²) in [5.74, 6) is 0.643. The van der Waals surface area contributed by atoms with Gasteiger partial charge in [0.15, 0.2) is 0 Å². The fourth-order valence-electron chi connectivity index (χ4n) is 1.82. The van der Waals surface area contributed by atoms with E-state index in [0.717, 1.165) is 29.2 Å². The minimum Gasteiger partial charge on any atom is -0.492 e. The second-order valence-corrected chi connectivity index (χ2v) is 5.96. The van der Waals surface area contributed by atoms with E-state index >= 15 is 0 Å². The molecule has 0 atom stereocenters. The van der Waals surface area contributed by atoms with Crippen molar-refractivity contribution in [1.29, 1.82) is 0 Å². The van der Waals surface area contributed by atoms with Crippen LogP contribution in [0.5, 0.6) is 5.75 Å². The Balaban J connectivity index is 2.37. The summed E-state index contributed by atoms with van der Waals surface area (Å²) >= 11 is 13.9. The molecule has 6 heteroatoms. The molecule has 0 saturated heterocycles. The predicted molar refractivity (Wildman–Crippen MR) is 86.4 cm³/mol. The lowest BCUT2D eigenvalue weighted by Gasteiger charge is -2.11. The number of likely N-dealkylation sites (N-methyl/N-ethyl adjacent to an activating group) is 1. The van der Waals surface area contributed by atoms with Crippen LogP contribution in [0.3, 0.4) is 0 Å². The Bertz CT molecular complexity index is 587. The molecule has 1 aromatic heterocycles. The predicted octanol–water partition coefficient (Wildman–Crippen LogP) is 4.28. The highest BCUT2D eigenvalue weighted by molar-refractivity contribution is 7.09. The number of benzene rings is 1. The molecule has 0 aliphatic carbocycles. The molecule has 0 aliphatic heterocycles. The second-order valence-electron chi connectivity index (χ2n) is 4.18. The highest BCUT2D eigenvalue weighted by atomic mass is 35.5.